The molecule has 1 aliphatic carbocycles. The Bertz CT molecular complexity index is 1610. The lowest BCUT2D eigenvalue weighted by atomic mass is 9.91. The second-order valence-corrected chi connectivity index (χ2v) is 13.0. The summed E-state index contributed by atoms with van der Waals surface area (Å²) in [6.45, 7) is 4.18. The van der Waals surface area contributed by atoms with Crippen LogP contribution in [-0.4, -0.2) is 46.2 Å². The first kappa shape index (κ1) is 34.9. The van der Waals surface area contributed by atoms with E-state index in [1.807, 2.05) is 48.5 Å². The molecular weight excluding hydrogens is 600 g/mol. The first-order valence-corrected chi connectivity index (χ1v) is 17.3. The number of Topliss-reactive ketones (excluding diaryl/α,β-unsaturated/α-hetero) is 2. The highest BCUT2D eigenvalue weighted by Gasteiger charge is 2.30. The number of ether oxygens (including phenoxy) is 2. The molecule has 4 aromatic rings. The van der Waals surface area contributed by atoms with Crippen molar-refractivity contribution in [1.29, 1.82) is 0 Å². The van der Waals surface area contributed by atoms with Gasteiger partial charge in [0.1, 0.15) is 23.1 Å². The number of ketones is 2. The number of methoxy groups -OCH3 is 2. The van der Waals surface area contributed by atoms with Gasteiger partial charge in [0.05, 0.1) is 37.0 Å². The van der Waals surface area contributed by atoms with E-state index in [0.717, 1.165) is 90.3 Å². The predicted octanol–water partition coefficient (Wildman–Crippen LogP) is 7.80. The Morgan fingerprint density at radius 2 is 1.29 bits per heavy atom. The average Bonchev–Trinajstić information content (AvgIpc) is 3.62. The molecule has 0 N–H and O–H groups in total. The Morgan fingerprint density at radius 1 is 0.708 bits per heavy atom. The van der Waals surface area contributed by atoms with Gasteiger partial charge < -0.3 is 9.47 Å². The van der Waals surface area contributed by atoms with Gasteiger partial charge in [-0.2, -0.15) is 20.4 Å². The molecule has 4 unspecified atom stereocenters. The smallest absolute Gasteiger partial charge is 0.140 e. The third-order valence-electron chi connectivity index (χ3n) is 9.90. The zero-order valence-electron chi connectivity index (χ0n) is 28.7. The van der Waals surface area contributed by atoms with E-state index in [1.165, 1.54) is 0 Å². The monoisotopic (exact) mass is 648 g/mol. The molecule has 2 heterocycles. The lowest BCUT2D eigenvalue weighted by Crippen LogP contribution is -2.17. The van der Waals surface area contributed by atoms with E-state index in [1.54, 1.807) is 14.2 Å². The first-order valence-electron chi connectivity index (χ1n) is 17.3. The molecular formula is C40H48N4O4. The van der Waals surface area contributed by atoms with Gasteiger partial charge in [0.15, 0.2) is 0 Å². The van der Waals surface area contributed by atoms with Crippen LogP contribution in [0.25, 0.3) is 0 Å². The van der Waals surface area contributed by atoms with Crippen molar-refractivity contribution >= 4 is 11.6 Å². The van der Waals surface area contributed by atoms with Crippen molar-refractivity contribution in [2.45, 2.75) is 95.8 Å². The van der Waals surface area contributed by atoms with Gasteiger partial charge in [-0.25, -0.2) is 0 Å². The van der Waals surface area contributed by atoms with Crippen LogP contribution in [0.1, 0.15) is 110 Å². The molecule has 252 valence electrons. The second kappa shape index (κ2) is 17.1. The minimum absolute atomic E-state index is 0.00381. The Balaban J connectivity index is 1.09. The second-order valence-electron chi connectivity index (χ2n) is 13.0. The molecule has 5 rings (SSSR count). The zero-order valence-corrected chi connectivity index (χ0v) is 28.7. The molecule has 0 bridgehead atoms. The predicted molar refractivity (Wildman–Crippen MR) is 187 cm³/mol. The molecule has 0 saturated heterocycles. The topological polar surface area (TPSA) is 104 Å². The van der Waals surface area contributed by atoms with Crippen molar-refractivity contribution in [3.63, 3.8) is 0 Å². The fourth-order valence-electron chi connectivity index (χ4n) is 6.81. The fraction of sp³-hybridized carbons (Fsp3) is 0.450. The summed E-state index contributed by atoms with van der Waals surface area (Å²) in [7, 11) is 3.28. The summed E-state index contributed by atoms with van der Waals surface area (Å²) in [5, 5.41) is 18.4. The van der Waals surface area contributed by atoms with Crippen molar-refractivity contribution in [1.82, 2.24) is 20.4 Å². The number of hydrogen-bond donors (Lipinski definition) is 0. The highest BCUT2D eigenvalue weighted by atomic mass is 16.5. The first-order chi connectivity index (χ1) is 23.4. The molecule has 1 aliphatic rings. The standard InChI is InChI=1S/C40H48N4O4/c1-5-29(40(46)24-28-9-18-36(48-4)19-10-28)13-14-33-15-20-38(42-41-33)31-11-12-32(25-31)39-22-21-37(43-44-39)30(6-2)26-34(45)23-27-7-16-35(47-3)17-8-27/h7-10,15-22,29-32H,5-6,11-14,23-26H2,1-4H3. The van der Waals surface area contributed by atoms with Crippen molar-refractivity contribution in [2.24, 2.45) is 5.92 Å². The summed E-state index contributed by atoms with van der Waals surface area (Å²) in [6.07, 6.45) is 7.50. The van der Waals surface area contributed by atoms with Crippen LogP contribution in [0, 0.1) is 5.92 Å². The molecule has 2 aromatic carbocycles. The molecule has 0 radical (unpaired) electrons. The van der Waals surface area contributed by atoms with Crippen LogP contribution in [0.5, 0.6) is 11.5 Å². The van der Waals surface area contributed by atoms with E-state index in [-0.39, 0.29) is 23.4 Å². The number of carbonyl (C=O) groups is 2. The molecule has 1 fully saturated rings. The van der Waals surface area contributed by atoms with E-state index in [9.17, 15) is 9.59 Å². The number of nitrogens with zero attached hydrogens (tertiary/aromatic N) is 4. The summed E-state index contributed by atoms with van der Waals surface area (Å²) >= 11 is 0. The summed E-state index contributed by atoms with van der Waals surface area (Å²) in [5.74, 6) is 2.78. The van der Waals surface area contributed by atoms with E-state index in [0.29, 0.717) is 31.1 Å². The van der Waals surface area contributed by atoms with Crippen molar-refractivity contribution in [3.8, 4) is 11.5 Å². The maximum absolute atomic E-state index is 13.0. The number of hydrogen-bond acceptors (Lipinski definition) is 8. The van der Waals surface area contributed by atoms with Crippen LogP contribution in [0.4, 0.5) is 0 Å². The van der Waals surface area contributed by atoms with E-state index < -0.39 is 0 Å². The van der Waals surface area contributed by atoms with Crippen molar-refractivity contribution in [3.05, 3.63) is 107 Å². The summed E-state index contributed by atoms with van der Waals surface area (Å²) < 4.78 is 10.4. The average molecular weight is 649 g/mol. The minimum Gasteiger partial charge on any atom is -0.497 e. The number of aryl methyl sites for hydroxylation is 1. The Labute approximate surface area is 284 Å². The van der Waals surface area contributed by atoms with Gasteiger partial charge in [0, 0.05) is 42.9 Å². The minimum atomic E-state index is 0.00381. The highest BCUT2D eigenvalue weighted by molar-refractivity contribution is 5.83. The zero-order chi connectivity index (χ0) is 33.9. The Morgan fingerprint density at radius 3 is 1.79 bits per heavy atom. The molecule has 1 saturated carbocycles. The van der Waals surface area contributed by atoms with Crippen LogP contribution < -0.4 is 9.47 Å². The molecule has 0 amide bonds. The maximum atomic E-state index is 13.0. The number of carbonyl (C=O) groups excluding carboxylic acids is 2. The van der Waals surface area contributed by atoms with Gasteiger partial charge in [0.2, 0.25) is 0 Å². The molecule has 2 aromatic heterocycles. The third-order valence-corrected chi connectivity index (χ3v) is 9.90. The van der Waals surface area contributed by atoms with E-state index in [2.05, 4.69) is 58.5 Å². The number of aromatic nitrogens is 4. The lowest BCUT2D eigenvalue weighted by Gasteiger charge is -2.15. The third kappa shape index (κ3) is 9.33. The fourth-order valence-corrected chi connectivity index (χ4v) is 6.81. The van der Waals surface area contributed by atoms with E-state index in [4.69, 9.17) is 9.47 Å². The highest BCUT2D eigenvalue weighted by Crippen LogP contribution is 2.42. The molecule has 0 spiro atoms. The SMILES string of the molecule is CCC(CCc1ccc(C2CCC(c3ccc(C(CC)CC(=O)Cc4ccc(OC)cc4)nn3)C2)nn1)C(=O)Cc1ccc(OC)cc1. The molecule has 48 heavy (non-hydrogen) atoms. The maximum Gasteiger partial charge on any atom is 0.140 e. The van der Waals surface area contributed by atoms with Crippen LogP contribution in [0.15, 0.2) is 72.8 Å². The van der Waals surface area contributed by atoms with Gasteiger partial charge in [-0.1, -0.05) is 38.1 Å². The van der Waals surface area contributed by atoms with Gasteiger partial charge in [-0.15, -0.1) is 0 Å². The summed E-state index contributed by atoms with van der Waals surface area (Å²) in [6, 6.07) is 23.7. The molecule has 8 nitrogen and oxygen atoms in total. The summed E-state index contributed by atoms with van der Waals surface area (Å²) in [4.78, 5) is 25.8. The van der Waals surface area contributed by atoms with Crippen LogP contribution in [0.2, 0.25) is 0 Å². The van der Waals surface area contributed by atoms with Gasteiger partial charge in [-0.05, 0) is 105 Å². The molecule has 0 aliphatic heterocycles. The largest absolute Gasteiger partial charge is 0.497 e. The van der Waals surface area contributed by atoms with Crippen molar-refractivity contribution in [2.75, 3.05) is 14.2 Å². The van der Waals surface area contributed by atoms with Crippen LogP contribution in [-0.2, 0) is 28.9 Å². The number of rotatable bonds is 17. The normalized spacial score (nSPS) is 17.1. The summed E-state index contributed by atoms with van der Waals surface area (Å²) in [5.41, 5.74) is 5.85. The Hall–Kier alpha value is -4.46. The van der Waals surface area contributed by atoms with Gasteiger partial charge in [-0.3, -0.25) is 9.59 Å². The van der Waals surface area contributed by atoms with Crippen LogP contribution >= 0.6 is 0 Å². The Kier molecular flexibility index (Phi) is 12.4. The number of benzene rings is 2. The van der Waals surface area contributed by atoms with Gasteiger partial charge in [0.25, 0.3) is 0 Å². The molecule has 4 atom stereocenters. The van der Waals surface area contributed by atoms with Crippen molar-refractivity contribution < 1.29 is 19.1 Å². The quantitative estimate of drug-likeness (QED) is 0.114. The van der Waals surface area contributed by atoms with Crippen LogP contribution in [0.3, 0.4) is 0 Å². The molecule has 8 heteroatoms. The van der Waals surface area contributed by atoms with Gasteiger partial charge >= 0.3 is 0 Å². The lowest BCUT2D eigenvalue weighted by molar-refractivity contribution is -0.122. The van der Waals surface area contributed by atoms with E-state index >= 15 is 0 Å².